The minimum atomic E-state index is -4.11. The number of halogens is 3. The molecular weight excluding hydrogens is 241 g/mol. The molecule has 1 saturated heterocycles. The smallest absolute Gasteiger partial charge is 0.379 e. The number of thioether (sulfide) groups is 1. The first kappa shape index (κ1) is 14.1. The van der Waals surface area contributed by atoms with Crippen LogP contribution in [0.15, 0.2) is 0 Å². The van der Waals surface area contributed by atoms with E-state index in [1.807, 2.05) is 0 Å². The number of alkyl halides is 3. The van der Waals surface area contributed by atoms with Gasteiger partial charge in [-0.25, -0.2) is 0 Å². The second kappa shape index (κ2) is 7.37. The summed E-state index contributed by atoms with van der Waals surface area (Å²) in [6, 6.07) is 0. The highest BCUT2D eigenvalue weighted by molar-refractivity contribution is 8.00. The number of nitrogens with zero attached hydrogens (tertiary/aromatic N) is 1. The highest BCUT2D eigenvalue weighted by atomic mass is 32.2. The van der Waals surface area contributed by atoms with Crippen LogP contribution < -0.4 is 5.32 Å². The maximum atomic E-state index is 11.8. The lowest BCUT2D eigenvalue weighted by Gasteiger charge is -2.26. The largest absolute Gasteiger partial charge is 0.441 e. The average molecular weight is 258 g/mol. The van der Waals surface area contributed by atoms with E-state index < -0.39 is 5.51 Å². The maximum absolute atomic E-state index is 11.8. The summed E-state index contributed by atoms with van der Waals surface area (Å²) in [5.74, 6) is 0.0760. The molecule has 0 unspecified atom stereocenters. The van der Waals surface area contributed by atoms with Crippen LogP contribution in [0.4, 0.5) is 13.2 Å². The fraction of sp³-hybridized carbons (Fsp3) is 1.00. The molecular formula is C9H17F3N2OS. The van der Waals surface area contributed by atoms with E-state index in [-0.39, 0.29) is 17.5 Å². The maximum Gasteiger partial charge on any atom is 0.441 e. The topological polar surface area (TPSA) is 24.5 Å². The van der Waals surface area contributed by atoms with E-state index >= 15 is 0 Å². The molecule has 0 aromatic rings. The molecule has 1 aliphatic heterocycles. The molecule has 1 aliphatic rings. The third-order valence-corrected chi connectivity index (χ3v) is 2.99. The van der Waals surface area contributed by atoms with Crippen LogP contribution in [0.2, 0.25) is 0 Å². The van der Waals surface area contributed by atoms with Crippen LogP contribution in [0, 0.1) is 0 Å². The first-order chi connectivity index (χ1) is 7.58. The minimum Gasteiger partial charge on any atom is -0.379 e. The monoisotopic (exact) mass is 258 g/mol. The van der Waals surface area contributed by atoms with Gasteiger partial charge in [0.1, 0.15) is 0 Å². The Bertz CT molecular complexity index is 186. The van der Waals surface area contributed by atoms with Gasteiger partial charge in [0.2, 0.25) is 0 Å². The lowest BCUT2D eigenvalue weighted by molar-refractivity contribution is -0.0327. The third-order valence-electron chi connectivity index (χ3n) is 2.25. The molecule has 0 amide bonds. The van der Waals surface area contributed by atoms with Crippen LogP contribution in [0.3, 0.4) is 0 Å². The molecule has 16 heavy (non-hydrogen) atoms. The zero-order chi connectivity index (χ0) is 11.9. The lowest BCUT2D eigenvalue weighted by Crippen LogP contribution is -2.40. The van der Waals surface area contributed by atoms with Gasteiger partial charge in [-0.3, -0.25) is 4.90 Å². The number of hydrogen-bond acceptors (Lipinski definition) is 4. The molecule has 0 radical (unpaired) electrons. The van der Waals surface area contributed by atoms with Gasteiger partial charge < -0.3 is 10.1 Å². The number of rotatable bonds is 6. The van der Waals surface area contributed by atoms with Crippen molar-refractivity contribution in [3.63, 3.8) is 0 Å². The molecule has 1 fully saturated rings. The molecule has 0 saturated carbocycles. The predicted molar refractivity (Wildman–Crippen MR) is 58.6 cm³/mol. The van der Waals surface area contributed by atoms with Crippen molar-refractivity contribution < 1.29 is 17.9 Å². The van der Waals surface area contributed by atoms with Gasteiger partial charge in [0.05, 0.1) is 13.2 Å². The standard InChI is InChI=1S/C9H17F3N2OS/c10-9(11,12)16-8-2-13-1-3-14-4-6-15-7-5-14/h13H,1-8H2. The Labute approximate surface area is 97.7 Å². The van der Waals surface area contributed by atoms with E-state index in [0.717, 1.165) is 39.4 Å². The van der Waals surface area contributed by atoms with E-state index in [1.54, 1.807) is 0 Å². The lowest BCUT2D eigenvalue weighted by atomic mass is 10.4. The van der Waals surface area contributed by atoms with E-state index in [9.17, 15) is 13.2 Å². The van der Waals surface area contributed by atoms with Crippen molar-refractivity contribution in [2.75, 3.05) is 51.7 Å². The average Bonchev–Trinajstić information content (AvgIpc) is 2.23. The van der Waals surface area contributed by atoms with Crippen LogP contribution in [0.1, 0.15) is 0 Å². The van der Waals surface area contributed by atoms with Crippen LogP contribution in [0.25, 0.3) is 0 Å². The second-order valence-electron chi connectivity index (χ2n) is 3.50. The molecule has 0 bridgehead atoms. The van der Waals surface area contributed by atoms with Crippen molar-refractivity contribution in [1.29, 1.82) is 0 Å². The van der Waals surface area contributed by atoms with E-state index in [0.29, 0.717) is 6.54 Å². The fourth-order valence-electron chi connectivity index (χ4n) is 1.43. The Balaban J connectivity index is 1.87. The number of ether oxygens (including phenoxy) is 1. The second-order valence-corrected chi connectivity index (χ2v) is 4.66. The Morgan fingerprint density at radius 2 is 1.88 bits per heavy atom. The first-order valence-electron chi connectivity index (χ1n) is 5.29. The van der Waals surface area contributed by atoms with Crippen molar-refractivity contribution in [2.45, 2.75) is 5.51 Å². The summed E-state index contributed by atoms with van der Waals surface area (Å²) in [6.07, 6.45) is 0. The van der Waals surface area contributed by atoms with Crippen molar-refractivity contribution in [2.24, 2.45) is 0 Å². The van der Waals surface area contributed by atoms with Crippen LogP contribution in [-0.4, -0.2) is 62.1 Å². The van der Waals surface area contributed by atoms with Crippen molar-refractivity contribution in [3.05, 3.63) is 0 Å². The van der Waals surface area contributed by atoms with E-state index in [1.165, 1.54) is 0 Å². The summed E-state index contributed by atoms with van der Waals surface area (Å²) in [5, 5.41) is 3.00. The van der Waals surface area contributed by atoms with Gasteiger partial charge in [0.15, 0.2) is 0 Å². The molecule has 3 nitrogen and oxygen atoms in total. The summed E-state index contributed by atoms with van der Waals surface area (Å²) in [6.45, 7) is 5.35. The Hall–Kier alpha value is 0.0200. The molecule has 0 aromatic carbocycles. The quantitative estimate of drug-likeness (QED) is 0.723. The van der Waals surface area contributed by atoms with E-state index in [4.69, 9.17) is 4.74 Å². The normalized spacial score (nSPS) is 18.9. The molecule has 0 atom stereocenters. The zero-order valence-corrected chi connectivity index (χ0v) is 9.87. The number of hydrogen-bond donors (Lipinski definition) is 1. The highest BCUT2D eigenvalue weighted by Crippen LogP contribution is 2.29. The Kier molecular flexibility index (Phi) is 6.48. The van der Waals surface area contributed by atoms with Gasteiger partial charge in [-0.1, -0.05) is 0 Å². The molecule has 0 spiro atoms. The van der Waals surface area contributed by atoms with E-state index in [2.05, 4.69) is 10.2 Å². The Morgan fingerprint density at radius 1 is 1.19 bits per heavy atom. The predicted octanol–water partition coefficient (Wildman–Crippen LogP) is 1.16. The minimum absolute atomic E-state index is 0.0235. The van der Waals surface area contributed by atoms with Crippen LogP contribution in [-0.2, 0) is 4.74 Å². The van der Waals surface area contributed by atoms with Gasteiger partial charge in [0.25, 0.3) is 0 Å². The SMILES string of the molecule is FC(F)(F)SCCNCCN1CCOCC1. The molecule has 96 valence electrons. The van der Waals surface area contributed by atoms with Crippen molar-refractivity contribution >= 4 is 11.8 Å². The highest BCUT2D eigenvalue weighted by Gasteiger charge is 2.27. The van der Waals surface area contributed by atoms with Crippen molar-refractivity contribution in [1.82, 2.24) is 10.2 Å². The zero-order valence-electron chi connectivity index (χ0n) is 9.05. The Morgan fingerprint density at radius 3 is 2.50 bits per heavy atom. The number of nitrogens with one attached hydrogen (secondary N) is 1. The van der Waals surface area contributed by atoms with Gasteiger partial charge in [-0.2, -0.15) is 13.2 Å². The summed E-state index contributed by atoms with van der Waals surface area (Å²) in [4.78, 5) is 2.24. The summed E-state index contributed by atoms with van der Waals surface area (Å²) in [7, 11) is 0. The van der Waals surface area contributed by atoms with Gasteiger partial charge in [-0.15, -0.1) is 0 Å². The van der Waals surface area contributed by atoms with Gasteiger partial charge >= 0.3 is 5.51 Å². The molecule has 1 heterocycles. The van der Waals surface area contributed by atoms with Crippen molar-refractivity contribution in [3.8, 4) is 0 Å². The molecule has 1 rings (SSSR count). The molecule has 7 heteroatoms. The number of morpholine rings is 1. The summed E-state index contributed by atoms with van der Waals surface area (Å²) < 4.78 is 40.5. The summed E-state index contributed by atoms with van der Waals surface area (Å²) in [5.41, 5.74) is -4.11. The van der Waals surface area contributed by atoms with Crippen LogP contribution >= 0.6 is 11.8 Å². The van der Waals surface area contributed by atoms with Gasteiger partial charge in [-0.05, 0) is 11.8 Å². The fourth-order valence-corrected chi connectivity index (χ4v) is 1.90. The van der Waals surface area contributed by atoms with Crippen LogP contribution in [0.5, 0.6) is 0 Å². The first-order valence-corrected chi connectivity index (χ1v) is 6.28. The third kappa shape index (κ3) is 7.32. The van der Waals surface area contributed by atoms with Gasteiger partial charge in [0, 0.05) is 38.5 Å². The molecule has 0 aliphatic carbocycles. The molecule has 1 N–H and O–H groups in total. The summed E-state index contributed by atoms with van der Waals surface area (Å²) >= 11 is 0.0235. The molecule has 0 aromatic heterocycles.